The molecule has 44 heavy (non-hydrogen) atoms. The molecule has 1 aromatic carbocycles. The van der Waals surface area contributed by atoms with Crippen LogP contribution in [0.2, 0.25) is 0 Å². The van der Waals surface area contributed by atoms with E-state index in [1.807, 2.05) is 0 Å². The van der Waals surface area contributed by atoms with Gasteiger partial charge in [0, 0.05) is 25.3 Å². The number of amides is 4. The first-order chi connectivity index (χ1) is 21.5. The van der Waals surface area contributed by atoms with Crippen LogP contribution in [0.1, 0.15) is 105 Å². The van der Waals surface area contributed by atoms with Crippen LogP contribution >= 0.6 is 0 Å². The van der Waals surface area contributed by atoms with Gasteiger partial charge in [-0.05, 0) is 25.0 Å². The van der Waals surface area contributed by atoms with E-state index in [4.69, 9.17) is 18.9 Å². The van der Waals surface area contributed by atoms with Gasteiger partial charge in [0.1, 0.15) is 6.04 Å². The summed E-state index contributed by atoms with van der Waals surface area (Å²) in [5, 5.41) is 5.35. The third kappa shape index (κ3) is 11.9. The molecule has 1 atom stereocenters. The summed E-state index contributed by atoms with van der Waals surface area (Å²) in [6.45, 7) is 6.84. The summed E-state index contributed by atoms with van der Waals surface area (Å²) in [5.41, 5.74) is 0.969. The number of fused-ring (bicyclic) bond motifs is 1. The van der Waals surface area contributed by atoms with Crippen LogP contribution in [0.15, 0.2) is 18.2 Å². The number of anilines is 1. The van der Waals surface area contributed by atoms with Crippen molar-refractivity contribution in [1.82, 2.24) is 10.2 Å². The molecule has 2 N–H and O–H groups in total. The van der Waals surface area contributed by atoms with E-state index in [9.17, 15) is 19.2 Å². The highest BCUT2D eigenvalue weighted by atomic mass is 16.6. The van der Waals surface area contributed by atoms with Gasteiger partial charge in [-0.25, -0.2) is 0 Å². The molecule has 0 spiro atoms. The van der Waals surface area contributed by atoms with Crippen LogP contribution in [0.3, 0.4) is 0 Å². The van der Waals surface area contributed by atoms with E-state index in [0.717, 1.165) is 17.9 Å². The maximum atomic E-state index is 13.1. The Morgan fingerprint density at radius 3 is 1.91 bits per heavy atom. The number of piperidine rings is 1. The highest BCUT2D eigenvalue weighted by Gasteiger charge is 2.45. The predicted octanol–water partition coefficient (Wildman–Crippen LogP) is 4.49. The summed E-state index contributed by atoms with van der Waals surface area (Å²) in [6, 6.07) is 3.97. The molecular weight excluding hydrogens is 566 g/mol. The molecule has 0 aliphatic carbocycles. The standard InChI is InChI=1S/C33H51N3O8/c1-2-3-4-5-6-7-8-9-10-11-18-41-20-22-43-24-25-44-23-21-42-19-17-34-27-14-12-13-26-30(27)33(40)36(32(26)39)28-15-16-29(37)35-31(28)38/h12-14,28,34H,2-11,15-25H2,1H3,(H,35,37,38). The van der Waals surface area contributed by atoms with Gasteiger partial charge >= 0.3 is 0 Å². The van der Waals surface area contributed by atoms with Crippen LogP contribution in [0.5, 0.6) is 0 Å². The molecular formula is C33H51N3O8. The Morgan fingerprint density at radius 1 is 0.727 bits per heavy atom. The van der Waals surface area contributed by atoms with Crippen molar-refractivity contribution in [3.8, 4) is 0 Å². The van der Waals surface area contributed by atoms with E-state index < -0.39 is 29.7 Å². The second-order valence-electron chi connectivity index (χ2n) is 11.2. The van der Waals surface area contributed by atoms with Gasteiger partial charge < -0.3 is 24.3 Å². The molecule has 0 radical (unpaired) electrons. The summed E-state index contributed by atoms with van der Waals surface area (Å²) >= 11 is 0. The third-order valence-electron chi connectivity index (χ3n) is 7.79. The number of ether oxygens (including phenoxy) is 4. The Kier molecular flexibility index (Phi) is 17.0. The van der Waals surface area contributed by atoms with Gasteiger partial charge in [-0.2, -0.15) is 0 Å². The number of nitrogens with zero attached hydrogens (tertiary/aromatic N) is 1. The molecule has 0 aromatic heterocycles. The number of rotatable bonds is 25. The molecule has 3 rings (SSSR count). The number of benzene rings is 1. The number of nitrogens with one attached hydrogen (secondary N) is 2. The van der Waals surface area contributed by atoms with Gasteiger partial charge in [-0.1, -0.05) is 70.8 Å². The molecule has 2 aliphatic rings. The number of carbonyl (C=O) groups is 4. The largest absolute Gasteiger partial charge is 0.382 e. The average Bonchev–Trinajstić information content (AvgIpc) is 3.27. The van der Waals surface area contributed by atoms with E-state index in [2.05, 4.69) is 17.6 Å². The number of imide groups is 2. The smallest absolute Gasteiger partial charge is 0.264 e. The highest BCUT2D eigenvalue weighted by molar-refractivity contribution is 6.25. The van der Waals surface area contributed by atoms with Crippen molar-refractivity contribution >= 4 is 29.3 Å². The second-order valence-corrected chi connectivity index (χ2v) is 11.2. The van der Waals surface area contributed by atoms with Crippen molar-refractivity contribution in [2.45, 2.75) is 90.0 Å². The molecule has 0 bridgehead atoms. The first-order valence-electron chi connectivity index (χ1n) is 16.4. The molecule has 11 heteroatoms. The first kappa shape index (κ1) is 35.6. The van der Waals surface area contributed by atoms with Crippen LogP contribution in [-0.4, -0.2) is 94.0 Å². The maximum Gasteiger partial charge on any atom is 0.264 e. The van der Waals surface area contributed by atoms with Crippen LogP contribution < -0.4 is 10.6 Å². The number of unbranched alkanes of at least 4 members (excludes halogenated alkanes) is 9. The van der Waals surface area contributed by atoms with Crippen molar-refractivity contribution in [3.63, 3.8) is 0 Å². The Hall–Kier alpha value is -2.86. The fraction of sp³-hybridized carbons (Fsp3) is 0.697. The van der Waals surface area contributed by atoms with Gasteiger partial charge in [0.15, 0.2) is 0 Å². The van der Waals surface area contributed by atoms with Gasteiger partial charge in [0.05, 0.1) is 57.4 Å². The van der Waals surface area contributed by atoms with Crippen LogP contribution in [0.4, 0.5) is 5.69 Å². The van der Waals surface area contributed by atoms with E-state index in [-0.39, 0.29) is 24.0 Å². The summed E-state index contributed by atoms with van der Waals surface area (Å²) in [6.07, 6.45) is 13.4. The second kappa shape index (κ2) is 21.0. The number of hydrogen-bond donors (Lipinski definition) is 2. The van der Waals surface area contributed by atoms with Crippen molar-refractivity contribution < 1.29 is 38.1 Å². The van der Waals surface area contributed by atoms with Gasteiger partial charge in [-0.15, -0.1) is 0 Å². The van der Waals surface area contributed by atoms with Gasteiger partial charge in [0.2, 0.25) is 11.8 Å². The molecule has 2 heterocycles. The summed E-state index contributed by atoms with van der Waals surface area (Å²) in [5.74, 6) is -2.10. The van der Waals surface area contributed by atoms with E-state index in [1.165, 1.54) is 57.8 Å². The van der Waals surface area contributed by atoms with Crippen LogP contribution in [-0.2, 0) is 28.5 Å². The van der Waals surface area contributed by atoms with E-state index in [0.29, 0.717) is 58.5 Å². The van der Waals surface area contributed by atoms with E-state index >= 15 is 0 Å². The normalized spacial score (nSPS) is 16.5. The predicted molar refractivity (Wildman–Crippen MR) is 167 cm³/mol. The Bertz CT molecular complexity index is 1050. The highest BCUT2D eigenvalue weighted by Crippen LogP contribution is 2.32. The fourth-order valence-electron chi connectivity index (χ4n) is 5.37. The number of hydrogen-bond acceptors (Lipinski definition) is 9. The minimum atomic E-state index is -0.991. The molecule has 246 valence electrons. The number of carbonyl (C=O) groups excluding carboxylic acids is 4. The van der Waals surface area contributed by atoms with Crippen molar-refractivity contribution in [2.24, 2.45) is 0 Å². The zero-order valence-corrected chi connectivity index (χ0v) is 26.4. The van der Waals surface area contributed by atoms with Crippen LogP contribution in [0, 0.1) is 0 Å². The van der Waals surface area contributed by atoms with E-state index in [1.54, 1.807) is 18.2 Å². The SMILES string of the molecule is CCCCCCCCCCCCOCCOCCOCCOCCNc1cccc2c1C(=O)N(C1CCC(=O)NC1=O)C2=O. The zero-order chi connectivity index (χ0) is 31.4. The monoisotopic (exact) mass is 617 g/mol. The molecule has 11 nitrogen and oxygen atoms in total. The molecule has 4 amide bonds. The fourth-order valence-corrected chi connectivity index (χ4v) is 5.37. The first-order valence-corrected chi connectivity index (χ1v) is 16.4. The molecule has 1 aromatic rings. The lowest BCUT2D eigenvalue weighted by atomic mass is 10.0. The maximum absolute atomic E-state index is 13.1. The quantitative estimate of drug-likeness (QED) is 0.120. The Morgan fingerprint density at radius 2 is 1.30 bits per heavy atom. The molecule has 1 saturated heterocycles. The van der Waals surface area contributed by atoms with Gasteiger partial charge in [-0.3, -0.25) is 29.4 Å². The minimum Gasteiger partial charge on any atom is -0.382 e. The summed E-state index contributed by atoms with van der Waals surface area (Å²) in [4.78, 5) is 50.8. The third-order valence-corrected chi connectivity index (χ3v) is 7.79. The summed E-state index contributed by atoms with van der Waals surface area (Å²) < 4.78 is 22.3. The molecule has 1 unspecified atom stereocenters. The lowest BCUT2D eigenvalue weighted by Gasteiger charge is -2.27. The molecule has 1 fully saturated rings. The molecule has 2 aliphatic heterocycles. The Balaban J connectivity index is 1.14. The Labute approximate surface area is 261 Å². The van der Waals surface area contributed by atoms with Gasteiger partial charge in [0.25, 0.3) is 11.8 Å². The summed E-state index contributed by atoms with van der Waals surface area (Å²) in [7, 11) is 0. The van der Waals surface area contributed by atoms with Crippen molar-refractivity contribution in [1.29, 1.82) is 0 Å². The minimum absolute atomic E-state index is 0.0808. The zero-order valence-electron chi connectivity index (χ0n) is 26.4. The lowest BCUT2D eigenvalue weighted by Crippen LogP contribution is -2.54. The molecule has 0 saturated carbocycles. The average molecular weight is 618 g/mol. The topological polar surface area (TPSA) is 132 Å². The van der Waals surface area contributed by atoms with Crippen molar-refractivity contribution in [2.75, 3.05) is 64.7 Å². The van der Waals surface area contributed by atoms with Crippen molar-refractivity contribution in [3.05, 3.63) is 29.3 Å². The lowest BCUT2D eigenvalue weighted by molar-refractivity contribution is -0.136. The van der Waals surface area contributed by atoms with Crippen LogP contribution in [0.25, 0.3) is 0 Å².